The first-order chi connectivity index (χ1) is 7.43. The van der Waals surface area contributed by atoms with Crippen molar-refractivity contribution in [1.29, 1.82) is 0 Å². The van der Waals surface area contributed by atoms with E-state index in [9.17, 15) is 0 Å². The van der Waals surface area contributed by atoms with Gasteiger partial charge >= 0.3 is 0 Å². The van der Waals surface area contributed by atoms with Crippen molar-refractivity contribution in [1.82, 2.24) is 24.6 Å². The van der Waals surface area contributed by atoms with Gasteiger partial charge in [0.25, 0.3) is 0 Å². The van der Waals surface area contributed by atoms with Crippen molar-refractivity contribution in [3.8, 4) is 11.4 Å². The van der Waals surface area contributed by atoms with Crippen LogP contribution >= 0.6 is 0 Å². The molecule has 3 heterocycles. The molecule has 72 valence electrons. The van der Waals surface area contributed by atoms with Gasteiger partial charge < -0.3 is 0 Å². The Morgan fingerprint density at radius 1 is 1.13 bits per heavy atom. The number of aromatic nitrogens is 5. The van der Waals surface area contributed by atoms with E-state index in [1.165, 1.54) is 0 Å². The first-order valence-electron chi connectivity index (χ1n) is 4.50. The average Bonchev–Trinajstić information content (AvgIpc) is 2.77. The molecule has 5 heteroatoms. The molecular weight excluding hydrogens is 190 g/mol. The van der Waals surface area contributed by atoms with Gasteiger partial charge in [-0.15, -0.1) is 10.2 Å². The maximum atomic E-state index is 4.17. The normalized spacial score (nSPS) is 10.7. The van der Waals surface area contributed by atoms with Gasteiger partial charge in [-0.2, -0.15) is 0 Å². The van der Waals surface area contributed by atoms with Gasteiger partial charge in [-0.05, 0) is 18.2 Å². The highest BCUT2D eigenvalue weighted by molar-refractivity contribution is 5.60. The molecule has 3 aromatic rings. The quantitative estimate of drug-likeness (QED) is 0.588. The van der Waals surface area contributed by atoms with E-state index in [0.29, 0.717) is 5.82 Å². The number of pyridine rings is 1. The summed E-state index contributed by atoms with van der Waals surface area (Å²) < 4.78 is 1.84. The molecule has 0 radical (unpaired) electrons. The summed E-state index contributed by atoms with van der Waals surface area (Å²) in [6, 6.07) is 5.63. The summed E-state index contributed by atoms with van der Waals surface area (Å²) in [5, 5.41) is 7.77. The summed E-state index contributed by atoms with van der Waals surface area (Å²) >= 11 is 0. The van der Waals surface area contributed by atoms with Crippen molar-refractivity contribution >= 4 is 5.65 Å². The Morgan fingerprint density at radius 2 is 2.00 bits per heavy atom. The van der Waals surface area contributed by atoms with Gasteiger partial charge in [0.1, 0.15) is 6.33 Å². The summed E-state index contributed by atoms with van der Waals surface area (Å²) in [4.78, 5) is 8.34. The highest BCUT2D eigenvalue weighted by Gasteiger charge is 2.01. The minimum atomic E-state index is 0.697. The number of nitrogens with zero attached hydrogens (tertiary/aromatic N) is 5. The molecule has 0 spiro atoms. The van der Waals surface area contributed by atoms with E-state index in [4.69, 9.17) is 0 Å². The fourth-order valence-corrected chi connectivity index (χ4v) is 1.40. The van der Waals surface area contributed by atoms with E-state index in [2.05, 4.69) is 20.2 Å². The van der Waals surface area contributed by atoms with Crippen LogP contribution in [-0.2, 0) is 0 Å². The van der Waals surface area contributed by atoms with Crippen molar-refractivity contribution in [3.63, 3.8) is 0 Å². The Morgan fingerprint density at radius 3 is 2.87 bits per heavy atom. The first kappa shape index (κ1) is 8.05. The van der Waals surface area contributed by atoms with Crippen LogP contribution in [0.15, 0.2) is 43.1 Å². The molecule has 0 unspecified atom stereocenters. The molecule has 0 aliphatic heterocycles. The lowest BCUT2D eigenvalue weighted by Crippen LogP contribution is -1.89. The van der Waals surface area contributed by atoms with Gasteiger partial charge in [0.05, 0.1) is 0 Å². The van der Waals surface area contributed by atoms with Crippen LogP contribution in [0.5, 0.6) is 0 Å². The number of fused-ring (bicyclic) bond motifs is 1. The summed E-state index contributed by atoms with van der Waals surface area (Å²) in [5.41, 5.74) is 1.73. The van der Waals surface area contributed by atoms with Crippen LogP contribution < -0.4 is 0 Å². The second-order valence-corrected chi connectivity index (χ2v) is 3.08. The Labute approximate surface area is 85.5 Å². The molecule has 3 aromatic heterocycles. The molecule has 0 aliphatic carbocycles. The van der Waals surface area contributed by atoms with Crippen LogP contribution in [0.25, 0.3) is 17.0 Å². The zero-order chi connectivity index (χ0) is 10.1. The van der Waals surface area contributed by atoms with Gasteiger partial charge in [0.15, 0.2) is 11.5 Å². The lowest BCUT2D eigenvalue weighted by molar-refractivity contribution is 1.10. The maximum Gasteiger partial charge on any atom is 0.161 e. The van der Waals surface area contributed by atoms with Crippen molar-refractivity contribution in [2.75, 3.05) is 0 Å². The Kier molecular flexibility index (Phi) is 1.68. The molecule has 0 saturated carbocycles. The van der Waals surface area contributed by atoms with E-state index in [1.807, 2.05) is 22.7 Å². The minimum absolute atomic E-state index is 0.697. The monoisotopic (exact) mass is 197 g/mol. The van der Waals surface area contributed by atoms with Gasteiger partial charge in [0.2, 0.25) is 0 Å². The fourth-order valence-electron chi connectivity index (χ4n) is 1.40. The average molecular weight is 197 g/mol. The molecule has 0 atom stereocenters. The van der Waals surface area contributed by atoms with Crippen LogP contribution in [0, 0.1) is 0 Å². The van der Waals surface area contributed by atoms with E-state index in [-0.39, 0.29) is 0 Å². The lowest BCUT2D eigenvalue weighted by atomic mass is 10.2. The number of rotatable bonds is 1. The molecule has 0 aromatic carbocycles. The fraction of sp³-hybridized carbons (Fsp3) is 0. The van der Waals surface area contributed by atoms with E-state index < -0.39 is 0 Å². The Balaban J connectivity index is 2.19. The molecule has 0 amide bonds. The highest BCUT2D eigenvalue weighted by atomic mass is 15.2. The van der Waals surface area contributed by atoms with Crippen LogP contribution in [0.2, 0.25) is 0 Å². The summed E-state index contributed by atoms with van der Waals surface area (Å²) in [5.74, 6) is 0.697. The molecule has 0 bridgehead atoms. The molecule has 0 saturated heterocycles. The molecule has 15 heavy (non-hydrogen) atoms. The molecular formula is C10H7N5. The molecule has 0 aliphatic rings. The second kappa shape index (κ2) is 3.13. The van der Waals surface area contributed by atoms with Crippen molar-refractivity contribution < 1.29 is 0 Å². The summed E-state index contributed by atoms with van der Waals surface area (Å²) in [6.07, 6.45) is 6.98. The molecule has 3 rings (SSSR count). The van der Waals surface area contributed by atoms with E-state index >= 15 is 0 Å². The Bertz CT molecular complexity index is 587. The topological polar surface area (TPSA) is 56.0 Å². The largest absolute Gasteiger partial charge is 0.289 e. The van der Waals surface area contributed by atoms with E-state index in [0.717, 1.165) is 11.2 Å². The van der Waals surface area contributed by atoms with Gasteiger partial charge in [-0.1, -0.05) is 0 Å². The van der Waals surface area contributed by atoms with E-state index in [1.54, 1.807) is 24.8 Å². The molecule has 0 N–H and O–H groups in total. The maximum absolute atomic E-state index is 4.17. The SMILES string of the molecule is c1cnc(-c2ccn3cnnc3c2)nc1. The van der Waals surface area contributed by atoms with Crippen molar-refractivity contribution in [2.24, 2.45) is 0 Å². The highest BCUT2D eigenvalue weighted by Crippen LogP contribution is 2.14. The lowest BCUT2D eigenvalue weighted by Gasteiger charge is -1.98. The predicted molar refractivity (Wildman–Crippen MR) is 54.0 cm³/mol. The zero-order valence-electron chi connectivity index (χ0n) is 7.78. The smallest absolute Gasteiger partial charge is 0.161 e. The van der Waals surface area contributed by atoms with Gasteiger partial charge in [-0.3, -0.25) is 4.40 Å². The van der Waals surface area contributed by atoms with Crippen LogP contribution in [0.1, 0.15) is 0 Å². The molecule has 5 nitrogen and oxygen atoms in total. The first-order valence-corrected chi connectivity index (χ1v) is 4.50. The molecule has 0 fully saturated rings. The van der Waals surface area contributed by atoms with Gasteiger partial charge in [-0.25, -0.2) is 9.97 Å². The minimum Gasteiger partial charge on any atom is -0.289 e. The summed E-state index contributed by atoms with van der Waals surface area (Å²) in [7, 11) is 0. The van der Waals surface area contributed by atoms with Crippen LogP contribution in [-0.4, -0.2) is 24.6 Å². The van der Waals surface area contributed by atoms with Crippen LogP contribution in [0.4, 0.5) is 0 Å². The Hall–Kier alpha value is -2.30. The predicted octanol–water partition coefficient (Wildman–Crippen LogP) is 1.19. The summed E-state index contributed by atoms with van der Waals surface area (Å²) in [6.45, 7) is 0. The number of hydrogen-bond donors (Lipinski definition) is 0. The standard InChI is InChI=1S/C10H7N5/c1-3-11-10(12-4-1)8-2-5-15-7-13-14-9(15)6-8/h1-7H. The number of hydrogen-bond acceptors (Lipinski definition) is 4. The van der Waals surface area contributed by atoms with Crippen LogP contribution in [0.3, 0.4) is 0 Å². The third-order valence-electron chi connectivity index (χ3n) is 2.12. The van der Waals surface area contributed by atoms with Gasteiger partial charge in [0, 0.05) is 24.2 Å². The second-order valence-electron chi connectivity index (χ2n) is 3.08. The third kappa shape index (κ3) is 1.34. The van der Waals surface area contributed by atoms with Crippen molar-refractivity contribution in [2.45, 2.75) is 0 Å². The zero-order valence-corrected chi connectivity index (χ0v) is 7.78. The third-order valence-corrected chi connectivity index (χ3v) is 2.12. The van der Waals surface area contributed by atoms with Crippen molar-refractivity contribution in [3.05, 3.63) is 43.1 Å².